The van der Waals surface area contributed by atoms with E-state index in [2.05, 4.69) is 102 Å². The Labute approximate surface area is 173 Å². The van der Waals surface area contributed by atoms with E-state index in [0.717, 1.165) is 26.2 Å². The predicted molar refractivity (Wildman–Crippen MR) is 118 cm³/mol. The minimum Gasteiger partial charge on any atom is -0.301 e. The van der Waals surface area contributed by atoms with Gasteiger partial charge in [-0.25, -0.2) is 0 Å². The van der Waals surface area contributed by atoms with E-state index in [1.807, 2.05) is 6.07 Å². The molecule has 1 aliphatic heterocycles. The van der Waals surface area contributed by atoms with Crippen molar-refractivity contribution in [1.82, 2.24) is 9.80 Å². The molecule has 3 aromatic carbocycles. The summed E-state index contributed by atoms with van der Waals surface area (Å²) in [4.78, 5) is 17.0. The van der Waals surface area contributed by atoms with Crippen LogP contribution >= 0.6 is 0 Å². The van der Waals surface area contributed by atoms with Gasteiger partial charge < -0.3 is 4.79 Å². The van der Waals surface area contributed by atoms with E-state index in [1.165, 1.54) is 23.0 Å². The highest BCUT2D eigenvalue weighted by atomic mass is 16.1. The van der Waals surface area contributed by atoms with Crippen molar-refractivity contribution in [3.63, 3.8) is 0 Å². The van der Waals surface area contributed by atoms with Crippen LogP contribution < -0.4 is 0 Å². The fourth-order valence-corrected chi connectivity index (χ4v) is 4.46. The molecule has 0 unspecified atom stereocenters. The van der Waals surface area contributed by atoms with Crippen LogP contribution in [0.3, 0.4) is 0 Å². The van der Waals surface area contributed by atoms with Gasteiger partial charge in [0, 0.05) is 19.6 Å². The Morgan fingerprint density at radius 3 is 1.79 bits per heavy atom. The van der Waals surface area contributed by atoms with E-state index in [-0.39, 0.29) is 6.04 Å². The molecule has 0 radical (unpaired) electrons. The molecule has 0 aliphatic carbocycles. The van der Waals surface area contributed by atoms with Gasteiger partial charge in [0.15, 0.2) is 0 Å². The molecule has 29 heavy (non-hydrogen) atoms. The molecule has 0 aromatic heterocycles. The highest BCUT2D eigenvalue weighted by molar-refractivity contribution is 5.67. The lowest BCUT2D eigenvalue weighted by Crippen LogP contribution is -2.71. The minimum absolute atomic E-state index is 0.168. The van der Waals surface area contributed by atoms with Crippen molar-refractivity contribution in [2.24, 2.45) is 0 Å². The third kappa shape index (κ3) is 4.02. The van der Waals surface area contributed by atoms with Crippen LogP contribution in [0.25, 0.3) is 0 Å². The lowest BCUT2D eigenvalue weighted by Gasteiger charge is -2.55. The lowest BCUT2D eigenvalue weighted by molar-refractivity contribution is -0.134. The van der Waals surface area contributed by atoms with Crippen LogP contribution in [0.4, 0.5) is 0 Å². The van der Waals surface area contributed by atoms with Crippen LogP contribution in [0, 0.1) is 0 Å². The third-order valence-corrected chi connectivity index (χ3v) is 6.00. The number of carbonyl (C=O) groups is 1. The summed E-state index contributed by atoms with van der Waals surface area (Å²) in [6.07, 6.45) is 1.17. The Balaban J connectivity index is 1.57. The maximum absolute atomic E-state index is 12.3. The zero-order chi connectivity index (χ0) is 20.1. The van der Waals surface area contributed by atoms with Crippen molar-refractivity contribution in [2.75, 3.05) is 19.6 Å². The van der Waals surface area contributed by atoms with E-state index in [0.29, 0.717) is 0 Å². The lowest BCUT2D eigenvalue weighted by atomic mass is 9.84. The molecule has 0 amide bonds. The first-order valence-electron chi connectivity index (χ1n) is 10.3. The quantitative estimate of drug-likeness (QED) is 0.532. The van der Waals surface area contributed by atoms with Crippen LogP contribution in [0.5, 0.6) is 0 Å². The van der Waals surface area contributed by atoms with E-state index in [9.17, 15) is 4.79 Å². The molecule has 0 saturated carbocycles. The SMILES string of the molecule is CCN(Cc1ccccc1)C1(C=O)CN(C(c2ccccc2)c2ccccc2)C1. The minimum atomic E-state index is -0.424. The van der Waals surface area contributed by atoms with E-state index in [4.69, 9.17) is 0 Å². The zero-order valence-electron chi connectivity index (χ0n) is 16.9. The molecular weight excluding hydrogens is 356 g/mol. The summed E-state index contributed by atoms with van der Waals surface area (Å²) in [5, 5.41) is 0. The number of benzene rings is 3. The van der Waals surface area contributed by atoms with Gasteiger partial charge in [-0.2, -0.15) is 0 Å². The molecule has 4 rings (SSSR count). The first-order valence-corrected chi connectivity index (χ1v) is 10.3. The summed E-state index contributed by atoms with van der Waals surface area (Å²) in [5.74, 6) is 0. The van der Waals surface area contributed by atoms with Gasteiger partial charge in [0.05, 0.1) is 6.04 Å². The first-order chi connectivity index (χ1) is 14.3. The summed E-state index contributed by atoms with van der Waals surface area (Å²) in [7, 11) is 0. The van der Waals surface area contributed by atoms with Crippen LogP contribution in [-0.4, -0.2) is 41.3 Å². The van der Waals surface area contributed by atoms with Crippen molar-refractivity contribution < 1.29 is 4.79 Å². The Bertz CT molecular complexity index is 866. The van der Waals surface area contributed by atoms with E-state index >= 15 is 0 Å². The standard InChI is InChI=1S/C26H28N2O/c1-2-28(18-22-12-6-3-7-13-22)26(21-29)19-27(20-26)25(23-14-8-4-9-15-23)24-16-10-5-11-17-24/h3-17,21,25H,2,18-20H2,1H3. The maximum atomic E-state index is 12.3. The molecule has 1 fully saturated rings. The van der Waals surface area contributed by atoms with Crippen LogP contribution in [0.15, 0.2) is 91.0 Å². The van der Waals surface area contributed by atoms with Crippen molar-refractivity contribution >= 4 is 6.29 Å². The molecular formula is C26H28N2O. The highest BCUT2D eigenvalue weighted by Gasteiger charge is 2.49. The molecule has 1 heterocycles. The molecule has 3 nitrogen and oxygen atoms in total. The number of rotatable bonds is 8. The number of likely N-dealkylation sites (tertiary alicyclic amines) is 1. The Morgan fingerprint density at radius 2 is 1.34 bits per heavy atom. The van der Waals surface area contributed by atoms with Crippen LogP contribution in [0.2, 0.25) is 0 Å². The van der Waals surface area contributed by atoms with Crippen molar-refractivity contribution in [2.45, 2.75) is 25.0 Å². The average molecular weight is 385 g/mol. The molecule has 0 N–H and O–H groups in total. The predicted octanol–water partition coefficient (Wildman–Crippen LogP) is 4.55. The van der Waals surface area contributed by atoms with Crippen molar-refractivity contribution in [3.8, 4) is 0 Å². The van der Waals surface area contributed by atoms with Crippen LogP contribution in [-0.2, 0) is 11.3 Å². The highest BCUT2D eigenvalue weighted by Crippen LogP contribution is 2.38. The number of likely N-dealkylation sites (N-methyl/N-ethyl adjacent to an activating group) is 1. The van der Waals surface area contributed by atoms with Gasteiger partial charge in [-0.05, 0) is 23.2 Å². The van der Waals surface area contributed by atoms with Gasteiger partial charge in [0.1, 0.15) is 11.8 Å². The fraction of sp³-hybridized carbons (Fsp3) is 0.269. The van der Waals surface area contributed by atoms with Crippen molar-refractivity contribution in [1.29, 1.82) is 0 Å². The Morgan fingerprint density at radius 1 is 0.862 bits per heavy atom. The molecule has 0 bridgehead atoms. The molecule has 1 aliphatic rings. The van der Waals surface area contributed by atoms with Gasteiger partial charge in [-0.15, -0.1) is 0 Å². The number of hydrogen-bond acceptors (Lipinski definition) is 3. The largest absolute Gasteiger partial charge is 0.301 e. The van der Waals surface area contributed by atoms with Gasteiger partial charge in [0.25, 0.3) is 0 Å². The normalized spacial score (nSPS) is 16.0. The number of aldehydes is 1. The topological polar surface area (TPSA) is 23.6 Å². The maximum Gasteiger partial charge on any atom is 0.142 e. The summed E-state index contributed by atoms with van der Waals surface area (Å²) < 4.78 is 0. The Hall–Kier alpha value is -2.75. The average Bonchev–Trinajstić information content (AvgIpc) is 2.76. The van der Waals surface area contributed by atoms with E-state index in [1.54, 1.807) is 0 Å². The number of carbonyl (C=O) groups excluding carboxylic acids is 1. The smallest absolute Gasteiger partial charge is 0.142 e. The van der Waals surface area contributed by atoms with Crippen molar-refractivity contribution in [3.05, 3.63) is 108 Å². The zero-order valence-corrected chi connectivity index (χ0v) is 16.9. The summed E-state index contributed by atoms with van der Waals surface area (Å²) in [5.41, 5.74) is 3.36. The molecule has 3 aromatic rings. The molecule has 0 spiro atoms. The molecule has 148 valence electrons. The van der Waals surface area contributed by atoms with Gasteiger partial charge in [-0.1, -0.05) is 97.9 Å². The van der Waals surface area contributed by atoms with Crippen LogP contribution in [0.1, 0.15) is 29.7 Å². The molecule has 3 heteroatoms. The summed E-state index contributed by atoms with van der Waals surface area (Å²) in [6, 6.07) is 31.8. The van der Waals surface area contributed by atoms with Gasteiger partial charge in [-0.3, -0.25) is 9.80 Å². The van der Waals surface area contributed by atoms with Gasteiger partial charge >= 0.3 is 0 Å². The second-order valence-corrected chi connectivity index (χ2v) is 7.85. The van der Waals surface area contributed by atoms with Gasteiger partial charge in [0.2, 0.25) is 0 Å². The molecule has 1 saturated heterocycles. The number of nitrogens with zero attached hydrogens (tertiary/aromatic N) is 2. The second kappa shape index (κ2) is 8.73. The van der Waals surface area contributed by atoms with E-state index < -0.39 is 5.54 Å². The second-order valence-electron chi connectivity index (χ2n) is 7.85. The fourth-order valence-electron chi connectivity index (χ4n) is 4.46. The Kier molecular flexibility index (Phi) is 5.89. The molecule has 0 atom stereocenters. The summed E-state index contributed by atoms with van der Waals surface area (Å²) >= 11 is 0. The first kappa shape index (κ1) is 19.6. The summed E-state index contributed by atoms with van der Waals surface area (Å²) in [6.45, 7) is 5.27. The third-order valence-electron chi connectivity index (χ3n) is 6.00. The monoisotopic (exact) mass is 384 g/mol. The number of hydrogen-bond donors (Lipinski definition) is 0.